The molecule has 1 aromatic heterocycles. The molecule has 92 valence electrons. The molecule has 0 fully saturated rings. The molecule has 0 spiro atoms. The number of aromatic nitrogens is 1. The van der Waals surface area contributed by atoms with Gasteiger partial charge in [-0.15, -0.1) is 0 Å². The fourth-order valence-corrected chi connectivity index (χ4v) is 2.38. The fraction of sp³-hybridized carbons (Fsp3) is 0.0588. The van der Waals surface area contributed by atoms with Gasteiger partial charge in [0.1, 0.15) is 0 Å². The summed E-state index contributed by atoms with van der Waals surface area (Å²) in [5.41, 5.74) is 2.81. The first-order valence-corrected chi connectivity index (χ1v) is 6.20. The van der Waals surface area contributed by atoms with E-state index in [9.17, 15) is 4.79 Å². The highest BCUT2D eigenvalue weighted by atomic mass is 16.1. The number of hydrogen-bond donors (Lipinski definition) is 0. The zero-order chi connectivity index (χ0) is 13.2. The molecule has 0 aliphatic rings. The zero-order valence-corrected chi connectivity index (χ0v) is 10.6. The lowest BCUT2D eigenvalue weighted by atomic mass is 9.94. The van der Waals surface area contributed by atoms with Gasteiger partial charge in [0.05, 0.1) is 0 Å². The van der Waals surface area contributed by atoms with Crippen LogP contribution >= 0.6 is 0 Å². The van der Waals surface area contributed by atoms with Crippen molar-refractivity contribution in [1.29, 1.82) is 0 Å². The number of nitrogens with zero attached hydrogens (tertiary/aromatic N) is 1. The third-order valence-electron chi connectivity index (χ3n) is 3.28. The van der Waals surface area contributed by atoms with Gasteiger partial charge >= 0.3 is 0 Å². The number of rotatable bonds is 2. The van der Waals surface area contributed by atoms with Gasteiger partial charge in [0.2, 0.25) is 0 Å². The van der Waals surface area contributed by atoms with E-state index in [4.69, 9.17) is 0 Å². The van der Waals surface area contributed by atoms with Crippen molar-refractivity contribution in [2.24, 2.45) is 0 Å². The van der Waals surface area contributed by atoms with E-state index in [-0.39, 0.29) is 5.78 Å². The molecule has 3 aromatic rings. The molecule has 19 heavy (non-hydrogen) atoms. The van der Waals surface area contributed by atoms with Crippen LogP contribution in [0.15, 0.2) is 60.9 Å². The summed E-state index contributed by atoms with van der Waals surface area (Å²) in [5, 5.41) is 2.20. The topological polar surface area (TPSA) is 30.0 Å². The Morgan fingerprint density at radius 2 is 1.74 bits per heavy atom. The summed E-state index contributed by atoms with van der Waals surface area (Å²) in [6.45, 7) is 1.60. The third kappa shape index (κ3) is 2.02. The van der Waals surface area contributed by atoms with Gasteiger partial charge in [-0.2, -0.15) is 0 Å². The van der Waals surface area contributed by atoms with Gasteiger partial charge in [-0.05, 0) is 29.5 Å². The van der Waals surface area contributed by atoms with Crippen LogP contribution in [0.5, 0.6) is 0 Å². The van der Waals surface area contributed by atoms with E-state index < -0.39 is 0 Å². The summed E-state index contributed by atoms with van der Waals surface area (Å²) in [6, 6.07) is 15.8. The van der Waals surface area contributed by atoms with Gasteiger partial charge in [-0.1, -0.05) is 42.5 Å². The summed E-state index contributed by atoms with van der Waals surface area (Å²) in [7, 11) is 0. The van der Waals surface area contributed by atoms with Crippen molar-refractivity contribution in [3.8, 4) is 11.1 Å². The van der Waals surface area contributed by atoms with E-state index in [1.807, 2.05) is 54.7 Å². The molecule has 0 aliphatic carbocycles. The van der Waals surface area contributed by atoms with E-state index in [0.29, 0.717) is 0 Å². The number of carbonyl (C=O) groups excluding carboxylic acids is 1. The first-order valence-electron chi connectivity index (χ1n) is 6.20. The Bertz CT molecular complexity index is 757. The normalized spacial score (nSPS) is 10.6. The minimum absolute atomic E-state index is 0.0849. The SMILES string of the molecule is CC(=O)c1ccccc1-c1cccc2cnccc12. The highest BCUT2D eigenvalue weighted by Crippen LogP contribution is 2.30. The molecule has 2 aromatic carbocycles. The van der Waals surface area contributed by atoms with Crippen LogP contribution in [-0.2, 0) is 0 Å². The molecular formula is C17H13NO. The molecule has 3 rings (SSSR count). The predicted octanol–water partition coefficient (Wildman–Crippen LogP) is 4.10. The Labute approximate surface area is 111 Å². The summed E-state index contributed by atoms with van der Waals surface area (Å²) in [6.07, 6.45) is 3.62. The number of hydrogen-bond acceptors (Lipinski definition) is 2. The Kier molecular flexibility index (Phi) is 2.84. The van der Waals surface area contributed by atoms with Crippen LogP contribution in [0.25, 0.3) is 21.9 Å². The van der Waals surface area contributed by atoms with Crippen LogP contribution in [0.1, 0.15) is 17.3 Å². The molecule has 0 unspecified atom stereocenters. The van der Waals surface area contributed by atoms with Crippen LogP contribution in [-0.4, -0.2) is 10.8 Å². The lowest BCUT2D eigenvalue weighted by molar-refractivity contribution is 0.101. The molecule has 0 saturated heterocycles. The second-order valence-corrected chi connectivity index (χ2v) is 4.50. The van der Waals surface area contributed by atoms with Crippen molar-refractivity contribution in [3.05, 3.63) is 66.5 Å². The first-order chi connectivity index (χ1) is 9.27. The average Bonchev–Trinajstić information content (AvgIpc) is 2.46. The van der Waals surface area contributed by atoms with Gasteiger partial charge in [0.15, 0.2) is 5.78 Å². The Balaban J connectivity index is 2.34. The van der Waals surface area contributed by atoms with Gasteiger partial charge in [0, 0.05) is 23.3 Å². The molecule has 0 amide bonds. The van der Waals surface area contributed by atoms with Crippen LogP contribution in [0.4, 0.5) is 0 Å². The minimum atomic E-state index is 0.0849. The number of ketones is 1. The standard InChI is InChI=1S/C17H13NO/c1-12(19)14-6-2-3-7-16(14)17-8-4-5-13-11-18-10-9-15(13)17/h2-11H,1H3. The lowest BCUT2D eigenvalue weighted by Crippen LogP contribution is -1.96. The largest absolute Gasteiger partial charge is 0.294 e. The lowest BCUT2D eigenvalue weighted by Gasteiger charge is -2.10. The molecule has 2 nitrogen and oxygen atoms in total. The molecule has 0 N–H and O–H groups in total. The predicted molar refractivity (Wildman–Crippen MR) is 77.2 cm³/mol. The molecule has 0 atom stereocenters. The molecule has 0 bridgehead atoms. The minimum Gasteiger partial charge on any atom is -0.294 e. The Morgan fingerprint density at radius 1 is 0.947 bits per heavy atom. The summed E-state index contributed by atoms with van der Waals surface area (Å²) < 4.78 is 0. The van der Waals surface area contributed by atoms with Crippen LogP contribution < -0.4 is 0 Å². The van der Waals surface area contributed by atoms with E-state index in [1.165, 1.54) is 0 Å². The molecule has 0 radical (unpaired) electrons. The van der Waals surface area contributed by atoms with Crippen molar-refractivity contribution in [2.75, 3.05) is 0 Å². The van der Waals surface area contributed by atoms with Crippen LogP contribution in [0.3, 0.4) is 0 Å². The van der Waals surface area contributed by atoms with Crippen molar-refractivity contribution in [2.45, 2.75) is 6.92 Å². The van der Waals surface area contributed by atoms with E-state index in [1.54, 1.807) is 13.1 Å². The van der Waals surface area contributed by atoms with E-state index in [0.717, 1.165) is 27.5 Å². The number of pyridine rings is 1. The smallest absolute Gasteiger partial charge is 0.160 e. The molecule has 0 saturated carbocycles. The maximum atomic E-state index is 11.8. The highest BCUT2D eigenvalue weighted by molar-refractivity contribution is 6.05. The second-order valence-electron chi connectivity index (χ2n) is 4.50. The van der Waals surface area contributed by atoms with Gasteiger partial charge in [-0.25, -0.2) is 0 Å². The Morgan fingerprint density at radius 3 is 2.58 bits per heavy atom. The summed E-state index contributed by atoms with van der Waals surface area (Å²) >= 11 is 0. The van der Waals surface area contributed by atoms with Crippen molar-refractivity contribution < 1.29 is 4.79 Å². The average molecular weight is 247 g/mol. The fourth-order valence-electron chi connectivity index (χ4n) is 2.38. The molecule has 0 aliphatic heterocycles. The third-order valence-corrected chi connectivity index (χ3v) is 3.28. The maximum absolute atomic E-state index is 11.8. The van der Waals surface area contributed by atoms with Gasteiger partial charge in [0.25, 0.3) is 0 Å². The molecule has 2 heteroatoms. The number of carbonyl (C=O) groups is 1. The number of benzene rings is 2. The zero-order valence-electron chi connectivity index (χ0n) is 10.6. The maximum Gasteiger partial charge on any atom is 0.160 e. The van der Waals surface area contributed by atoms with Crippen LogP contribution in [0.2, 0.25) is 0 Å². The first kappa shape index (κ1) is 11.6. The Hall–Kier alpha value is -2.48. The van der Waals surface area contributed by atoms with E-state index in [2.05, 4.69) is 4.98 Å². The monoisotopic (exact) mass is 247 g/mol. The summed E-state index contributed by atoms with van der Waals surface area (Å²) in [5.74, 6) is 0.0849. The quantitative estimate of drug-likeness (QED) is 0.638. The summed E-state index contributed by atoms with van der Waals surface area (Å²) in [4.78, 5) is 15.9. The molecule has 1 heterocycles. The van der Waals surface area contributed by atoms with Gasteiger partial charge in [-0.3, -0.25) is 9.78 Å². The number of fused-ring (bicyclic) bond motifs is 1. The highest BCUT2D eigenvalue weighted by Gasteiger charge is 2.10. The van der Waals surface area contributed by atoms with Crippen molar-refractivity contribution >= 4 is 16.6 Å². The molecular weight excluding hydrogens is 234 g/mol. The second kappa shape index (κ2) is 4.65. The van der Waals surface area contributed by atoms with E-state index >= 15 is 0 Å². The van der Waals surface area contributed by atoms with Crippen LogP contribution in [0, 0.1) is 0 Å². The number of Topliss-reactive ketones (excluding diaryl/α,β-unsaturated/α-hetero) is 1. The van der Waals surface area contributed by atoms with Crippen molar-refractivity contribution in [3.63, 3.8) is 0 Å². The van der Waals surface area contributed by atoms with Gasteiger partial charge < -0.3 is 0 Å². The van der Waals surface area contributed by atoms with Crippen molar-refractivity contribution in [1.82, 2.24) is 4.98 Å².